The fourth-order valence-corrected chi connectivity index (χ4v) is 11.5. The van der Waals surface area contributed by atoms with Crippen molar-refractivity contribution in [1.29, 1.82) is 0 Å². The number of hydrogen-bond donors (Lipinski definition) is 13. The highest BCUT2D eigenvalue weighted by molar-refractivity contribution is 5.96. The van der Waals surface area contributed by atoms with Crippen LogP contribution < -0.4 is 16.4 Å². The number of esters is 1. The number of ketones is 2. The van der Waals surface area contributed by atoms with Gasteiger partial charge in [-0.15, -0.1) is 0 Å². The molecular weight excluding hydrogens is 1150 g/mol. The summed E-state index contributed by atoms with van der Waals surface area (Å²) in [4.78, 5) is 55.7. The summed E-state index contributed by atoms with van der Waals surface area (Å²) < 4.78 is 29.9. The molecule has 3 fully saturated rings. The Kier molecular flexibility index (Phi) is 32.4. The number of morpholine rings is 1. The van der Waals surface area contributed by atoms with Gasteiger partial charge in [0.25, 0.3) is 0 Å². The van der Waals surface area contributed by atoms with Crippen molar-refractivity contribution >= 4 is 29.1 Å². The first-order valence-corrected chi connectivity index (χ1v) is 31.3. The molecule has 0 radical (unpaired) electrons. The molecule has 23 heteroatoms. The molecule has 0 saturated carbocycles. The van der Waals surface area contributed by atoms with E-state index in [4.69, 9.17) is 29.4 Å². The van der Waals surface area contributed by atoms with Crippen LogP contribution in [0.4, 0.5) is 5.69 Å². The minimum absolute atomic E-state index is 0.103. The Labute approximate surface area is 523 Å². The van der Waals surface area contributed by atoms with E-state index >= 15 is 0 Å². The highest BCUT2D eigenvalue weighted by Gasteiger charge is 2.51. The molecule has 4 aliphatic heterocycles. The molecule has 4 aliphatic rings. The van der Waals surface area contributed by atoms with E-state index < -0.39 is 160 Å². The first-order chi connectivity index (χ1) is 42.4. The Bertz CT molecular complexity index is 2520. The number of amides is 1. The fourth-order valence-electron chi connectivity index (χ4n) is 11.5. The van der Waals surface area contributed by atoms with Gasteiger partial charge in [0, 0.05) is 82.4 Å². The van der Waals surface area contributed by atoms with Gasteiger partial charge >= 0.3 is 5.97 Å². The number of nitrogens with one attached hydrogen (secondary N) is 2. The molecule has 1 amide bonds. The van der Waals surface area contributed by atoms with Gasteiger partial charge in [-0.1, -0.05) is 98.9 Å². The zero-order chi connectivity index (χ0) is 65.0. The lowest BCUT2D eigenvalue weighted by molar-refractivity contribution is -0.307. The summed E-state index contributed by atoms with van der Waals surface area (Å²) in [7, 11) is 1.77. The zero-order valence-electron chi connectivity index (χ0n) is 51.9. The van der Waals surface area contributed by atoms with Crippen molar-refractivity contribution < 1.29 is 93.9 Å². The summed E-state index contributed by atoms with van der Waals surface area (Å²) in [6.07, 6.45) is 3.92. The lowest BCUT2D eigenvalue weighted by Gasteiger charge is -2.46. The van der Waals surface area contributed by atoms with Crippen molar-refractivity contribution in [3.8, 4) is 0 Å². The molecule has 0 spiro atoms. The van der Waals surface area contributed by atoms with Crippen LogP contribution in [-0.2, 0) is 38.1 Å². The van der Waals surface area contributed by atoms with Gasteiger partial charge in [0.15, 0.2) is 17.9 Å². The minimum Gasteiger partial charge on any atom is -0.461 e. The maximum Gasteiger partial charge on any atom is 0.308 e. The third kappa shape index (κ3) is 26.5. The molecule has 5 rings (SSSR count). The molecule has 4 heterocycles. The molecule has 1 aromatic carbocycles. The summed E-state index contributed by atoms with van der Waals surface area (Å²) in [6, 6.07) is 5.78. The van der Waals surface area contributed by atoms with Crippen molar-refractivity contribution in [2.75, 3.05) is 51.8 Å². The molecule has 14 N–H and O–H groups in total. The fraction of sp³-hybridized carbons (Fsp3) is 0.636. The quantitative estimate of drug-likeness (QED) is 0.0681. The van der Waals surface area contributed by atoms with E-state index in [1.54, 1.807) is 117 Å². The van der Waals surface area contributed by atoms with E-state index in [9.17, 15) is 70.2 Å². The summed E-state index contributed by atoms with van der Waals surface area (Å²) in [5.41, 5.74) is 7.48. The number of rotatable bonds is 15. The van der Waals surface area contributed by atoms with E-state index in [1.807, 2.05) is 19.9 Å². The SMILES string of the molecule is CNc1ccc(C(=O)CC(O)CCC(C)C2OC(=O)CC(O)CC(=O)CC(O)CC(O)CC(O)CC(O)CC3(O)CC(O)C(C(=O)NCCCN4CCOCC4)C(CC(O[C@@H]4O[C@H](C)[C@@H](O)[C@H](N)[C@@H]4O)C=CC=CC=CC=CC=CC=CC=CC2C)O3)cc1. The van der Waals surface area contributed by atoms with Gasteiger partial charge in [-0.2, -0.15) is 0 Å². The predicted octanol–water partition coefficient (Wildman–Crippen LogP) is 2.50. The van der Waals surface area contributed by atoms with Crippen LogP contribution in [0, 0.1) is 17.8 Å². The molecule has 2 bridgehead atoms. The van der Waals surface area contributed by atoms with Gasteiger partial charge in [0.05, 0.1) is 98.7 Å². The van der Waals surface area contributed by atoms with Gasteiger partial charge in [-0.25, -0.2) is 0 Å². The second-order valence-corrected chi connectivity index (χ2v) is 24.2. The Balaban J connectivity index is 1.35. The molecule has 498 valence electrons. The number of anilines is 1. The Hall–Kier alpha value is -5.16. The van der Waals surface area contributed by atoms with Crippen LogP contribution in [0.5, 0.6) is 0 Å². The number of allylic oxidation sites excluding steroid dienone is 12. The average Bonchev–Trinajstić information content (AvgIpc) is 3.16. The lowest BCUT2D eigenvalue weighted by Crippen LogP contribution is -2.62. The number of benzene rings is 1. The van der Waals surface area contributed by atoms with Gasteiger partial charge in [-0.3, -0.25) is 24.1 Å². The number of carbonyl (C=O) groups excluding carboxylic acids is 4. The number of Topliss-reactive ketones (excluding diaryl/α,β-unsaturated/α-hetero) is 2. The first kappa shape index (κ1) is 74.6. The van der Waals surface area contributed by atoms with E-state index in [2.05, 4.69) is 15.5 Å². The van der Waals surface area contributed by atoms with Crippen LogP contribution in [0.3, 0.4) is 0 Å². The number of hydrogen-bond acceptors (Lipinski definition) is 22. The summed E-state index contributed by atoms with van der Waals surface area (Å²) in [5.74, 6) is -6.45. The van der Waals surface area contributed by atoms with Crippen molar-refractivity contribution in [2.45, 2.75) is 202 Å². The number of carbonyl (C=O) groups is 4. The molecule has 1 aromatic rings. The van der Waals surface area contributed by atoms with E-state index in [-0.39, 0.29) is 56.3 Å². The number of ether oxygens (including phenoxy) is 5. The Morgan fingerprint density at radius 1 is 0.742 bits per heavy atom. The second-order valence-electron chi connectivity index (χ2n) is 24.2. The Morgan fingerprint density at radius 2 is 1.33 bits per heavy atom. The van der Waals surface area contributed by atoms with E-state index in [1.165, 1.54) is 0 Å². The number of cyclic esters (lactones) is 1. The molecule has 23 nitrogen and oxygen atoms in total. The summed E-state index contributed by atoms with van der Waals surface area (Å²) in [5, 5.41) is 117. The summed E-state index contributed by atoms with van der Waals surface area (Å²) in [6.45, 7) is 8.93. The second kappa shape index (κ2) is 38.6. The molecular formula is C66H100N4O19. The topological polar surface area (TPSA) is 370 Å². The zero-order valence-corrected chi connectivity index (χ0v) is 51.9. The first-order valence-electron chi connectivity index (χ1n) is 31.3. The monoisotopic (exact) mass is 1250 g/mol. The highest BCUT2D eigenvalue weighted by Crippen LogP contribution is 2.38. The van der Waals surface area contributed by atoms with Crippen molar-refractivity contribution in [2.24, 2.45) is 23.5 Å². The van der Waals surface area contributed by atoms with Crippen LogP contribution in [0.25, 0.3) is 0 Å². The van der Waals surface area contributed by atoms with Crippen LogP contribution in [0.1, 0.15) is 115 Å². The number of aliphatic hydroxyl groups is 10. The maximum atomic E-state index is 14.1. The maximum absolute atomic E-state index is 14.1. The van der Waals surface area contributed by atoms with Gasteiger partial charge < -0.3 is 91.1 Å². The average molecular weight is 1250 g/mol. The molecule has 89 heavy (non-hydrogen) atoms. The number of aliphatic hydroxyl groups excluding tert-OH is 9. The van der Waals surface area contributed by atoms with E-state index in [0.29, 0.717) is 38.2 Å². The summed E-state index contributed by atoms with van der Waals surface area (Å²) >= 11 is 0. The van der Waals surface area contributed by atoms with Crippen molar-refractivity contribution in [3.63, 3.8) is 0 Å². The minimum atomic E-state index is -2.29. The smallest absolute Gasteiger partial charge is 0.308 e. The standard InChI is InChI=1S/C66H100N4O19/c1-42-18-15-13-11-9-7-5-6-8-10-12-14-16-19-54(87-65-62(82)60(67)61(81)44(3)86-65)39-57-59(64(83)69-26-17-27-70-28-30-85-31-29-70)56(79)41-66(84,89-57)40-53(77)36-51(75)34-49(73)32-48(72)33-50(74)35-52(76)38-58(80)88-63(42)43(2)20-25-47(71)37-55(78)45-21-23-46(68-4)24-22-45/h5-16,18-19,21-24,42-44,47-49,51-54,56-57,59-63,65,68,71-73,75-77,79,81-82,84H,17,20,25-41,67H2,1-4H3,(H,69,83)/t42?,43?,44-,47?,48?,49?,51?,52?,53?,54?,56?,57?,59?,60+,61-,62+,63?,65+,66?/m1/s1. The number of fused-ring (bicyclic) bond motifs is 2. The molecule has 0 aromatic heterocycles. The van der Waals surface area contributed by atoms with Gasteiger partial charge in [0.1, 0.15) is 18.0 Å². The van der Waals surface area contributed by atoms with Crippen molar-refractivity contribution in [3.05, 3.63) is 115 Å². The molecule has 14 unspecified atom stereocenters. The normalized spacial score (nSPS) is 34.1. The van der Waals surface area contributed by atoms with Crippen LogP contribution in [0.15, 0.2) is 109 Å². The number of nitrogens with zero attached hydrogens (tertiary/aromatic N) is 1. The van der Waals surface area contributed by atoms with Crippen LogP contribution >= 0.6 is 0 Å². The largest absolute Gasteiger partial charge is 0.461 e. The van der Waals surface area contributed by atoms with Crippen LogP contribution in [0.2, 0.25) is 0 Å². The van der Waals surface area contributed by atoms with Gasteiger partial charge in [0.2, 0.25) is 5.91 Å². The van der Waals surface area contributed by atoms with Gasteiger partial charge in [-0.05, 0) is 82.2 Å². The molecule has 3 saturated heterocycles. The van der Waals surface area contributed by atoms with E-state index in [0.717, 1.165) is 18.8 Å². The highest BCUT2D eigenvalue weighted by atomic mass is 16.7. The molecule has 19 atom stereocenters. The third-order valence-corrected chi connectivity index (χ3v) is 16.4. The predicted molar refractivity (Wildman–Crippen MR) is 332 cm³/mol. The molecule has 0 aliphatic carbocycles. The number of nitrogens with two attached hydrogens (primary N) is 1. The van der Waals surface area contributed by atoms with Crippen molar-refractivity contribution in [1.82, 2.24) is 10.2 Å². The third-order valence-electron chi connectivity index (χ3n) is 16.4. The van der Waals surface area contributed by atoms with Crippen LogP contribution in [-0.4, -0.2) is 223 Å². The lowest BCUT2D eigenvalue weighted by atomic mass is 9.82. The Morgan fingerprint density at radius 3 is 1.96 bits per heavy atom.